The number of hydrogen-bond acceptors (Lipinski definition) is 4. The summed E-state index contributed by atoms with van der Waals surface area (Å²) in [4.78, 5) is 2.69. The summed E-state index contributed by atoms with van der Waals surface area (Å²) >= 11 is 2.11. The van der Waals surface area contributed by atoms with E-state index in [0.717, 1.165) is 32.2 Å². The summed E-state index contributed by atoms with van der Waals surface area (Å²) in [7, 11) is 0. The van der Waals surface area contributed by atoms with Crippen molar-refractivity contribution >= 4 is 11.8 Å². The van der Waals surface area contributed by atoms with E-state index in [4.69, 9.17) is 4.74 Å². The summed E-state index contributed by atoms with van der Waals surface area (Å²) in [6, 6.07) is 0. The first-order chi connectivity index (χ1) is 9.70. The fourth-order valence-corrected chi connectivity index (χ4v) is 4.21. The molecule has 1 atom stereocenters. The maximum Gasteiger partial charge on any atom is 0.0546 e. The van der Waals surface area contributed by atoms with Crippen molar-refractivity contribution in [3.05, 3.63) is 0 Å². The Balaban J connectivity index is 1.87. The molecule has 0 bridgehead atoms. The van der Waals surface area contributed by atoms with Gasteiger partial charge in [-0.1, -0.05) is 13.8 Å². The molecule has 3 nitrogen and oxygen atoms in total. The van der Waals surface area contributed by atoms with Gasteiger partial charge in [0.25, 0.3) is 0 Å². The topological polar surface area (TPSA) is 24.5 Å². The monoisotopic (exact) mass is 300 g/mol. The van der Waals surface area contributed by atoms with Crippen molar-refractivity contribution in [1.29, 1.82) is 0 Å². The van der Waals surface area contributed by atoms with E-state index in [-0.39, 0.29) is 0 Å². The standard InChI is InChI=1S/C16H32N2OS/c1-15(2)11-17-12-16(5-3-8-19-14-16)13-18-6-4-9-20-10-7-18/h15,17H,3-14H2,1-2H3. The van der Waals surface area contributed by atoms with E-state index in [1.807, 2.05) is 0 Å². The zero-order valence-electron chi connectivity index (χ0n) is 13.3. The van der Waals surface area contributed by atoms with Crippen molar-refractivity contribution in [2.75, 3.05) is 57.4 Å². The van der Waals surface area contributed by atoms with Gasteiger partial charge in [-0.15, -0.1) is 0 Å². The van der Waals surface area contributed by atoms with Crippen molar-refractivity contribution in [3.8, 4) is 0 Å². The molecule has 1 N–H and O–H groups in total. The first kappa shape index (κ1) is 16.6. The molecule has 0 aromatic rings. The Morgan fingerprint density at radius 1 is 1.25 bits per heavy atom. The highest BCUT2D eigenvalue weighted by atomic mass is 32.2. The number of nitrogens with one attached hydrogen (secondary N) is 1. The molecule has 0 spiro atoms. The lowest BCUT2D eigenvalue weighted by Crippen LogP contribution is -2.49. The van der Waals surface area contributed by atoms with Crippen LogP contribution in [0.4, 0.5) is 0 Å². The molecule has 2 heterocycles. The number of thioether (sulfide) groups is 1. The molecule has 20 heavy (non-hydrogen) atoms. The Kier molecular flexibility index (Phi) is 7.15. The average molecular weight is 301 g/mol. The Bertz CT molecular complexity index is 259. The van der Waals surface area contributed by atoms with Gasteiger partial charge in [0, 0.05) is 37.4 Å². The highest BCUT2D eigenvalue weighted by molar-refractivity contribution is 7.99. The molecule has 2 aliphatic rings. The molecule has 2 rings (SSSR count). The second kappa shape index (κ2) is 8.62. The van der Waals surface area contributed by atoms with Crippen molar-refractivity contribution in [3.63, 3.8) is 0 Å². The number of ether oxygens (including phenoxy) is 1. The van der Waals surface area contributed by atoms with Crippen LogP contribution in [0, 0.1) is 11.3 Å². The molecular weight excluding hydrogens is 268 g/mol. The molecule has 4 heteroatoms. The number of hydrogen-bond donors (Lipinski definition) is 1. The van der Waals surface area contributed by atoms with Gasteiger partial charge in [0.1, 0.15) is 0 Å². The van der Waals surface area contributed by atoms with Crippen LogP contribution in [0.2, 0.25) is 0 Å². The third-order valence-electron chi connectivity index (χ3n) is 4.33. The molecular formula is C16H32N2OS. The highest BCUT2D eigenvalue weighted by Gasteiger charge is 2.34. The van der Waals surface area contributed by atoms with Crippen LogP contribution in [0.25, 0.3) is 0 Å². The number of rotatable bonds is 6. The Labute approximate surface area is 129 Å². The summed E-state index contributed by atoms with van der Waals surface area (Å²) in [5.41, 5.74) is 0.349. The lowest BCUT2D eigenvalue weighted by molar-refractivity contribution is -0.0254. The minimum Gasteiger partial charge on any atom is -0.381 e. The van der Waals surface area contributed by atoms with E-state index < -0.39 is 0 Å². The second-order valence-corrected chi connectivity index (χ2v) is 8.15. The third-order valence-corrected chi connectivity index (χ3v) is 5.38. The summed E-state index contributed by atoms with van der Waals surface area (Å²) < 4.78 is 5.84. The molecule has 0 aromatic heterocycles. The first-order valence-electron chi connectivity index (χ1n) is 8.29. The Morgan fingerprint density at radius 2 is 2.15 bits per heavy atom. The quantitative estimate of drug-likeness (QED) is 0.814. The number of nitrogens with zero attached hydrogens (tertiary/aromatic N) is 1. The lowest BCUT2D eigenvalue weighted by atomic mass is 9.81. The largest absolute Gasteiger partial charge is 0.381 e. The normalized spacial score (nSPS) is 29.6. The molecule has 2 saturated heterocycles. The maximum absolute atomic E-state index is 5.84. The fourth-order valence-electron chi connectivity index (χ4n) is 3.29. The van der Waals surface area contributed by atoms with Gasteiger partial charge in [0.15, 0.2) is 0 Å². The van der Waals surface area contributed by atoms with Gasteiger partial charge in [-0.25, -0.2) is 0 Å². The van der Waals surface area contributed by atoms with Crippen LogP contribution < -0.4 is 5.32 Å². The molecule has 2 fully saturated rings. The molecule has 0 aliphatic carbocycles. The smallest absolute Gasteiger partial charge is 0.0546 e. The van der Waals surface area contributed by atoms with Gasteiger partial charge in [-0.3, -0.25) is 0 Å². The molecule has 0 saturated carbocycles. The van der Waals surface area contributed by atoms with E-state index in [1.54, 1.807) is 0 Å². The highest BCUT2D eigenvalue weighted by Crippen LogP contribution is 2.30. The Hall–Kier alpha value is 0.230. The summed E-state index contributed by atoms with van der Waals surface area (Å²) in [5, 5.41) is 3.69. The Morgan fingerprint density at radius 3 is 2.90 bits per heavy atom. The summed E-state index contributed by atoms with van der Waals surface area (Å²) in [6.07, 6.45) is 3.90. The van der Waals surface area contributed by atoms with Crippen LogP contribution >= 0.6 is 11.8 Å². The van der Waals surface area contributed by atoms with Crippen LogP contribution in [-0.2, 0) is 4.74 Å². The van der Waals surface area contributed by atoms with E-state index >= 15 is 0 Å². The zero-order valence-corrected chi connectivity index (χ0v) is 14.1. The van der Waals surface area contributed by atoms with Gasteiger partial charge < -0.3 is 15.0 Å². The van der Waals surface area contributed by atoms with Gasteiger partial charge >= 0.3 is 0 Å². The van der Waals surface area contributed by atoms with Crippen LogP contribution in [0.3, 0.4) is 0 Å². The first-order valence-corrected chi connectivity index (χ1v) is 9.44. The zero-order chi connectivity index (χ0) is 14.3. The van der Waals surface area contributed by atoms with Crippen molar-refractivity contribution in [2.24, 2.45) is 11.3 Å². The van der Waals surface area contributed by atoms with Crippen LogP contribution in [-0.4, -0.2) is 62.3 Å². The maximum atomic E-state index is 5.84. The van der Waals surface area contributed by atoms with Crippen LogP contribution in [0.1, 0.15) is 33.1 Å². The predicted molar refractivity (Wildman–Crippen MR) is 88.6 cm³/mol. The van der Waals surface area contributed by atoms with Crippen LogP contribution in [0.15, 0.2) is 0 Å². The SMILES string of the molecule is CC(C)CNCC1(CN2CCCSCC2)CCCOC1. The van der Waals surface area contributed by atoms with Gasteiger partial charge in [-0.05, 0) is 44.0 Å². The van der Waals surface area contributed by atoms with E-state index in [0.29, 0.717) is 5.41 Å². The van der Waals surface area contributed by atoms with E-state index in [1.165, 1.54) is 50.4 Å². The molecule has 0 aromatic carbocycles. The van der Waals surface area contributed by atoms with Gasteiger partial charge in [0.2, 0.25) is 0 Å². The fraction of sp³-hybridized carbons (Fsp3) is 1.00. The van der Waals surface area contributed by atoms with Crippen molar-refractivity contribution < 1.29 is 4.74 Å². The molecule has 0 radical (unpaired) electrons. The minimum absolute atomic E-state index is 0.349. The summed E-state index contributed by atoms with van der Waals surface area (Å²) in [5.74, 6) is 3.37. The summed E-state index contributed by atoms with van der Waals surface area (Å²) in [6.45, 7) is 12.5. The van der Waals surface area contributed by atoms with Crippen LogP contribution in [0.5, 0.6) is 0 Å². The van der Waals surface area contributed by atoms with Crippen molar-refractivity contribution in [1.82, 2.24) is 10.2 Å². The second-order valence-electron chi connectivity index (χ2n) is 6.92. The average Bonchev–Trinajstić information content (AvgIpc) is 2.68. The lowest BCUT2D eigenvalue weighted by Gasteiger charge is -2.41. The predicted octanol–water partition coefficient (Wildman–Crippen LogP) is 2.47. The van der Waals surface area contributed by atoms with Gasteiger partial charge in [0.05, 0.1) is 6.61 Å². The molecule has 1 unspecified atom stereocenters. The van der Waals surface area contributed by atoms with Gasteiger partial charge in [-0.2, -0.15) is 11.8 Å². The molecule has 2 aliphatic heterocycles. The van der Waals surface area contributed by atoms with E-state index in [2.05, 4.69) is 35.8 Å². The minimum atomic E-state index is 0.349. The molecule has 118 valence electrons. The third kappa shape index (κ3) is 5.55. The van der Waals surface area contributed by atoms with E-state index in [9.17, 15) is 0 Å². The molecule has 0 amide bonds. The van der Waals surface area contributed by atoms with Crippen molar-refractivity contribution in [2.45, 2.75) is 33.1 Å².